The van der Waals surface area contributed by atoms with E-state index >= 15 is 0 Å². The van der Waals surface area contributed by atoms with Crippen molar-refractivity contribution in [3.8, 4) is 0 Å². The van der Waals surface area contributed by atoms with Crippen molar-refractivity contribution in [2.24, 2.45) is 5.73 Å². The van der Waals surface area contributed by atoms with Crippen LogP contribution >= 0.6 is 0 Å². The minimum absolute atomic E-state index is 0.0699. The van der Waals surface area contributed by atoms with E-state index in [-0.39, 0.29) is 18.4 Å². The Hall–Kier alpha value is -2.66. The standard InChI is InChI=1S/C19H21N3O2/c20-12-17(13-4-2-1-3-5-13)19(24)22-15-8-6-14(7-9-15)18(23)21-16-10-11-16/h1-9,16-17H,10-12,20H2,(H,21,23)(H,22,24). The highest BCUT2D eigenvalue weighted by molar-refractivity contribution is 5.98. The highest BCUT2D eigenvalue weighted by atomic mass is 16.2. The second-order valence-corrected chi connectivity index (χ2v) is 6.01. The normalized spacial score (nSPS) is 14.7. The first-order valence-corrected chi connectivity index (χ1v) is 8.14. The van der Waals surface area contributed by atoms with Gasteiger partial charge in [-0.15, -0.1) is 0 Å². The fourth-order valence-corrected chi connectivity index (χ4v) is 2.51. The molecule has 3 rings (SSSR count). The Balaban J connectivity index is 1.64. The number of nitrogens with one attached hydrogen (secondary N) is 2. The molecule has 4 N–H and O–H groups in total. The zero-order chi connectivity index (χ0) is 16.9. The third-order valence-corrected chi connectivity index (χ3v) is 4.08. The SMILES string of the molecule is NCC(C(=O)Nc1ccc(C(=O)NC2CC2)cc1)c1ccccc1. The first-order chi connectivity index (χ1) is 11.7. The van der Waals surface area contributed by atoms with Gasteiger partial charge in [0.1, 0.15) is 0 Å². The minimum Gasteiger partial charge on any atom is -0.349 e. The van der Waals surface area contributed by atoms with E-state index in [1.165, 1.54) is 0 Å². The third-order valence-electron chi connectivity index (χ3n) is 4.08. The lowest BCUT2D eigenvalue weighted by atomic mass is 9.98. The predicted molar refractivity (Wildman–Crippen MR) is 93.8 cm³/mol. The summed E-state index contributed by atoms with van der Waals surface area (Å²) in [6, 6.07) is 16.7. The molecular formula is C19H21N3O2. The number of carbonyl (C=O) groups is 2. The Kier molecular flexibility index (Phi) is 4.91. The van der Waals surface area contributed by atoms with Crippen LogP contribution < -0.4 is 16.4 Å². The molecule has 2 amide bonds. The van der Waals surface area contributed by atoms with Gasteiger partial charge in [0.2, 0.25) is 5.91 Å². The summed E-state index contributed by atoms with van der Waals surface area (Å²) in [5.74, 6) is -0.623. The number of nitrogens with two attached hydrogens (primary N) is 1. The smallest absolute Gasteiger partial charge is 0.251 e. The van der Waals surface area contributed by atoms with Crippen molar-refractivity contribution >= 4 is 17.5 Å². The fraction of sp³-hybridized carbons (Fsp3) is 0.263. The second-order valence-electron chi connectivity index (χ2n) is 6.01. The lowest BCUT2D eigenvalue weighted by Gasteiger charge is -2.15. The zero-order valence-corrected chi connectivity index (χ0v) is 13.4. The van der Waals surface area contributed by atoms with E-state index in [4.69, 9.17) is 5.73 Å². The molecule has 2 aromatic rings. The molecule has 1 aliphatic carbocycles. The van der Waals surface area contributed by atoms with Crippen LogP contribution in [0.3, 0.4) is 0 Å². The number of carbonyl (C=O) groups excluding carboxylic acids is 2. The maximum atomic E-state index is 12.4. The average molecular weight is 323 g/mol. The van der Waals surface area contributed by atoms with Crippen LogP contribution in [-0.2, 0) is 4.79 Å². The van der Waals surface area contributed by atoms with Gasteiger partial charge in [-0.25, -0.2) is 0 Å². The first-order valence-electron chi connectivity index (χ1n) is 8.14. The van der Waals surface area contributed by atoms with Crippen LogP contribution in [0.4, 0.5) is 5.69 Å². The Morgan fingerprint density at radius 2 is 1.71 bits per heavy atom. The minimum atomic E-state index is -0.399. The molecule has 1 atom stereocenters. The highest BCUT2D eigenvalue weighted by Crippen LogP contribution is 2.20. The summed E-state index contributed by atoms with van der Waals surface area (Å²) in [5, 5.41) is 5.80. The molecule has 2 aromatic carbocycles. The van der Waals surface area contributed by atoms with Crippen molar-refractivity contribution in [3.05, 3.63) is 65.7 Å². The van der Waals surface area contributed by atoms with Crippen LogP contribution in [0.5, 0.6) is 0 Å². The van der Waals surface area contributed by atoms with Gasteiger partial charge in [0.25, 0.3) is 5.91 Å². The van der Waals surface area contributed by atoms with Crippen LogP contribution in [0.15, 0.2) is 54.6 Å². The summed E-state index contributed by atoms with van der Waals surface area (Å²) in [6.45, 7) is 0.234. The lowest BCUT2D eigenvalue weighted by molar-refractivity contribution is -0.117. The molecule has 124 valence electrons. The van der Waals surface area contributed by atoms with Crippen molar-refractivity contribution in [1.82, 2.24) is 5.32 Å². The summed E-state index contributed by atoms with van der Waals surface area (Å²) in [4.78, 5) is 24.4. The molecule has 1 unspecified atom stereocenters. The Bertz CT molecular complexity index is 709. The third kappa shape index (κ3) is 4.00. The van der Waals surface area contributed by atoms with E-state index in [9.17, 15) is 9.59 Å². The zero-order valence-electron chi connectivity index (χ0n) is 13.4. The number of amides is 2. The summed E-state index contributed by atoms with van der Waals surface area (Å²) < 4.78 is 0. The van der Waals surface area contributed by atoms with Gasteiger partial charge in [-0.05, 0) is 42.7 Å². The summed E-state index contributed by atoms with van der Waals surface area (Å²) in [7, 11) is 0. The van der Waals surface area contributed by atoms with E-state index in [0.717, 1.165) is 18.4 Å². The van der Waals surface area contributed by atoms with Crippen LogP contribution in [0.2, 0.25) is 0 Å². The number of anilines is 1. The molecule has 0 spiro atoms. The first kappa shape index (κ1) is 16.2. The number of rotatable bonds is 6. The van der Waals surface area contributed by atoms with Crippen LogP contribution in [-0.4, -0.2) is 24.4 Å². The molecule has 0 heterocycles. The number of hydrogen-bond acceptors (Lipinski definition) is 3. The molecule has 1 saturated carbocycles. The molecule has 0 radical (unpaired) electrons. The Morgan fingerprint density at radius 3 is 2.29 bits per heavy atom. The Morgan fingerprint density at radius 1 is 1.04 bits per heavy atom. The summed E-state index contributed by atoms with van der Waals surface area (Å²) in [6.07, 6.45) is 2.11. The van der Waals surface area contributed by atoms with Gasteiger partial charge in [-0.2, -0.15) is 0 Å². The quantitative estimate of drug-likeness (QED) is 0.762. The van der Waals surface area contributed by atoms with Gasteiger partial charge in [0, 0.05) is 23.8 Å². The molecule has 0 aromatic heterocycles. The van der Waals surface area contributed by atoms with Gasteiger partial charge >= 0.3 is 0 Å². The van der Waals surface area contributed by atoms with Crippen LogP contribution in [0.25, 0.3) is 0 Å². The number of benzene rings is 2. The largest absolute Gasteiger partial charge is 0.349 e. The topological polar surface area (TPSA) is 84.2 Å². The summed E-state index contributed by atoms with van der Waals surface area (Å²) in [5.41, 5.74) is 7.89. The van der Waals surface area contributed by atoms with Crippen molar-refractivity contribution in [2.75, 3.05) is 11.9 Å². The predicted octanol–water partition coefficient (Wildman–Crippen LogP) is 2.26. The molecule has 5 nitrogen and oxygen atoms in total. The number of hydrogen-bond donors (Lipinski definition) is 3. The van der Waals surface area contributed by atoms with E-state index < -0.39 is 5.92 Å². The average Bonchev–Trinajstić information content (AvgIpc) is 3.41. The second kappa shape index (κ2) is 7.27. The van der Waals surface area contributed by atoms with E-state index in [0.29, 0.717) is 17.3 Å². The van der Waals surface area contributed by atoms with Gasteiger partial charge in [-0.1, -0.05) is 30.3 Å². The van der Waals surface area contributed by atoms with Gasteiger partial charge in [-0.3, -0.25) is 9.59 Å². The van der Waals surface area contributed by atoms with E-state index in [1.807, 2.05) is 30.3 Å². The van der Waals surface area contributed by atoms with Gasteiger partial charge < -0.3 is 16.4 Å². The summed E-state index contributed by atoms with van der Waals surface area (Å²) >= 11 is 0. The molecule has 1 aliphatic rings. The van der Waals surface area contributed by atoms with E-state index in [1.54, 1.807) is 24.3 Å². The molecule has 24 heavy (non-hydrogen) atoms. The maximum Gasteiger partial charge on any atom is 0.251 e. The molecule has 0 bridgehead atoms. The van der Waals surface area contributed by atoms with Crippen molar-refractivity contribution < 1.29 is 9.59 Å². The Labute approximate surface area is 141 Å². The van der Waals surface area contributed by atoms with Gasteiger partial charge in [0.15, 0.2) is 0 Å². The molecular weight excluding hydrogens is 302 g/mol. The van der Waals surface area contributed by atoms with Crippen molar-refractivity contribution in [3.63, 3.8) is 0 Å². The monoisotopic (exact) mass is 323 g/mol. The maximum absolute atomic E-state index is 12.4. The fourth-order valence-electron chi connectivity index (χ4n) is 2.51. The molecule has 0 saturated heterocycles. The van der Waals surface area contributed by atoms with Crippen LogP contribution in [0.1, 0.15) is 34.7 Å². The lowest BCUT2D eigenvalue weighted by Crippen LogP contribution is -2.27. The van der Waals surface area contributed by atoms with Crippen LogP contribution in [0, 0.1) is 0 Å². The van der Waals surface area contributed by atoms with Crippen molar-refractivity contribution in [2.45, 2.75) is 24.8 Å². The highest BCUT2D eigenvalue weighted by Gasteiger charge is 2.24. The molecule has 0 aliphatic heterocycles. The molecule has 5 heteroatoms. The molecule has 1 fully saturated rings. The van der Waals surface area contributed by atoms with Gasteiger partial charge in [0.05, 0.1) is 5.92 Å². The van der Waals surface area contributed by atoms with Crippen molar-refractivity contribution in [1.29, 1.82) is 0 Å². The van der Waals surface area contributed by atoms with E-state index in [2.05, 4.69) is 10.6 Å².